The van der Waals surface area contributed by atoms with Crippen LogP contribution in [0.3, 0.4) is 0 Å². The number of rotatable bonds is 12. The van der Waals surface area contributed by atoms with Gasteiger partial charge in [-0.25, -0.2) is 8.42 Å². The number of unbranched alkanes of at least 4 members (excludes halogenated alkanes) is 1. The maximum Gasteiger partial charge on any atom is 0.182 e. The Kier molecular flexibility index (Phi) is 9.38. The Morgan fingerprint density at radius 3 is 2.48 bits per heavy atom. The van der Waals surface area contributed by atoms with Gasteiger partial charge in [-0.3, -0.25) is 0 Å². The second-order valence-corrected chi connectivity index (χ2v) is 9.81. The second-order valence-electron chi connectivity index (χ2n) is 7.85. The van der Waals surface area contributed by atoms with Crippen molar-refractivity contribution >= 4 is 9.84 Å². The molecule has 0 spiro atoms. The van der Waals surface area contributed by atoms with Crippen molar-refractivity contribution < 1.29 is 17.9 Å². The molecule has 0 aliphatic rings. The lowest BCUT2D eigenvalue weighted by Gasteiger charge is -2.15. The number of methoxy groups -OCH3 is 1. The monoisotopic (exact) mass is 442 g/mol. The number of hydrogen-bond acceptors (Lipinski definition) is 4. The van der Waals surface area contributed by atoms with Gasteiger partial charge in [-0.05, 0) is 68.0 Å². The molecule has 0 aliphatic heterocycles. The summed E-state index contributed by atoms with van der Waals surface area (Å²) in [6, 6.07) is 13.3. The largest absolute Gasteiger partial charge is 0.497 e. The maximum absolute atomic E-state index is 13.4. The molecule has 0 fully saturated rings. The van der Waals surface area contributed by atoms with Crippen LogP contribution in [0.5, 0.6) is 5.75 Å². The molecule has 0 N–H and O–H groups in total. The van der Waals surface area contributed by atoms with Crippen LogP contribution in [0, 0.1) is 6.92 Å². The van der Waals surface area contributed by atoms with Crippen LogP contribution < -0.4 is 4.74 Å². The molecule has 0 saturated heterocycles. The van der Waals surface area contributed by atoms with Crippen molar-refractivity contribution in [3.05, 3.63) is 83.6 Å². The van der Waals surface area contributed by atoms with Crippen LogP contribution in [0.25, 0.3) is 0 Å². The zero-order valence-electron chi connectivity index (χ0n) is 19.1. The van der Waals surface area contributed by atoms with Crippen LogP contribution in [0.4, 0.5) is 0 Å². The lowest BCUT2D eigenvalue weighted by molar-refractivity contribution is 0.201. The van der Waals surface area contributed by atoms with Gasteiger partial charge < -0.3 is 9.47 Å². The normalized spacial score (nSPS) is 13.0. The minimum atomic E-state index is -3.52. The lowest BCUT2D eigenvalue weighted by Crippen LogP contribution is -2.13. The fourth-order valence-electron chi connectivity index (χ4n) is 3.26. The molecule has 0 heterocycles. The Morgan fingerprint density at radius 1 is 1.16 bits per heavy atom. The third-order valence-electron chi connectivity index (χ3n) is 5.11. The van der Waals surface area contributed by atoms with E-state index in [1.54, 1.807) is 25.5 Å². The standard InChI is InChI=1S/C26H34O4S/c1-6-8-9-23(18-30-21(4)7-2)19-31(27,28)26-15-10-20(3)16-24(26)17-22-11-13-25(29-5)14-12-22/h7,10-16,18,21H,2,6,8-9,17,19H2,1,3-5H3/b23-18+. The first-order valence-corrected chi connectivity index (χ1v) is 12.4. The Balaban J connectivity index is 2.34. The second kappa shape index (κ2) is 11.8. The summed E-state index contributed by atoms with van der Waals surface area (Å²) in [7, 11) is -1.90. The van der Waals surface area contributed by atoms with Crippen molar-refractivity contribution in [1.29, 1.82) is 0 Å². The van der Waals surface area contributed by atoms with Gasteiger partial charge >= 0.3 is 0 Å². The van der Waals surface area contributed by atoms with E-state index in [9.17, 15) is 8.42 Å². The van der Waals surface area contributed by atoms with E-state index in [1.807, 2.05) is 50.2 Å². The molecule has 2 aromatic rings. The fraction of sp³-hybridized carbons (Fsp3) is 0.385. The van der Waals surface area contributed by atoms with E-state index in [1.165, 1.54) is 0 Å². The van der Waals surface area contributed by atoms with Crippen LogP contribution in [0.2, 0.25) is 0 Å². The summed E-state index contributed by atoms with van der Waals surface area (Å²) in [6.07, 6.45) is 6.27. The summed E-state index contributed by atoms with van der Waals surface area (Å²) >= 11 is 0. The van der Waals surface area contributed by atoms with E-state index in [4.69, 9.17) is 9.47 Å². The Hall–Kier alpha value is -2.53. The SMILES string of the molecule is C=CC(C)O/C=C(\CCCC)CS(=O)(=O)c1ccc(C)cc1Cc1ccc(OC)cc1. The number of benzene rings is 2. The smallest absolute Gasteiger partial charge is 0.182 e. The Labute approximate surface area is 187 Å². The highest BCUT2D eigenvalue weighted by Crippen LogP contribution is 2.25. The number of sulfone groups is 1. The van der Waals surface area contributed by atoms with Crippen LogP contribution in [0.1, 0.15) is 49.8 Å². The first kappa shape index (κ1) is 24.7. The molecule has 1 unspecified atom stereocenters. The van der Waals surface area contributed by atoms with Gasteiger partial charge in [0.15, 0.2) is 9.84 Å². The number of hydrogen-bond donors (Lipinski definition) is 0. The highest BCUT2D eigenvalue weighted by Gasteiger charge is 2.21. The summed E-state index contributed by atoms with van der Waals surface area (Å²) in [6.45, 7) is 9.66. The molecule has 0 aromatic heterocycles. The molecule has 2 aromatic carbocycles. The highest BCUT2D eigenvalue weighted by molar-refractivity contribution is 7.91. The molecule has 0 saturated carbocycles. The summed E-state index contributed by atoms with van der Waals surface area (Å²) < 4.78 is 37.7. The predicted octanol–water partition coefficient (Wildman–Crippen LogP) is 6.03. The van der Waals surface area contributed by atoms with Crippen LogP contribution >= 0.6 is 0 Å². The van der Waals surface area contributed by atoms with Gasteiger partial charge in [0.1, 0.15) is 11.9 Å². The van der Waals surface area contributed by atoms with E-state index in [0.29, 0.717) is 17.7 Å². The van der Waals surface area contributed by atoms with Crippen LogP contribution in [-0.4, -0.2) is 27.4 Å². The zero-order valence-corrected chi connectivity index (χ0v) is 19.9. The fourth-order valence-corrected chi connectivity index (χ4v) is 4.92. The molecule has 0 bridgehead atoms. The van der Waals surface area contributed by atoms with Gasteiger partial charge in [0.2, 0.25) is 0 Å². The minimum absolute atomic E-state index is 0.0461. The molecule has 31 heavy (non-hydrogen) atoms. The van der Waals surface area contributed by atoms with Crippen molar-refractivity contribution in [2.45, 2.75) is 57.5 Å². The zero-order chi connectivity index (χ0) is 22.9. The van der Waals surface area contributed by atoms with E-state index in [-0.39, 0.29) is 11.9 Å². The molecule has 168 valence electrons. The molecular formula is C26H34O4S. The minimum Gasteiger partial charge on any atom is -0.497 e. The highest BCUT2D eigenvalue weighted by atomic mass is 32.2. The van der Waals surface area contributed by atoms with E-state index in [0.717, 1.165) is 40.9 Å². The molecule has 4 nitrogen and oxygen atoms in total. The first-order chi connectivity index (χ1) is 14.8. The van der Waals surface area contributed by atoms with Gasteiger partial charge in [0, 0.05) is 0 Å². The van der Waals surface area contributed by atoms with Crippen LogP contribution in [0.15, 0.2) is 71.9 Å². The molecule has 5 heteroatoms. The number of ether oxygens (including phenoxy) is 2. The van der Waals surface area contributed by atoms with E-state index < -0.39 is 9.84 Å². The van der Waals surface area contributed by atoms with Gasteiger partial charge in [-0.15, -0.1) is 0 Å². The van der Waals surface area contributed by atoms with Gasteiger partial charge in [-0.1, -0.05) is 55.8 Å². The van der Waals surface area contributed by atoms with Crippen molar-refractivity contribution in [1.82, 2.24) is 0 Å². The summed E-state index contributed by atoms with van der Waals surface area (Å²) in [5.74, 6) is 0.732. The van der Waals surface area contributed by atoms with Crippen molar-refractivity contribution in [2.24, 2.45) is 0 Å². The summed E-state index contributed by atoms with van der Waals surface area (Å²) in [5.41, 5.74) is 3.66. The van der Waals surface area contributed by atoms with E-state index in [2.05, 4.69) is 13.5 Å². The van der Waals surface area contributed by atoms with E-state index >= 15 is 0 Å². The molecule has 0 amide bonds. The maximum atomic E-state index is 13.4. The average Bonchev–Trinajstić information content (AvgIpc) is 2.75. The van der Waals surface area contributed by atoms with Crippen molar-refractivity contribution in [3.63, 3.8) is 0 Å². The van der Waals surface area contributed by atoms with Crippen molar-refractivity contribution in [2.75, 3.05) is 12.9 Å². The quantitative estimate of drug-likeness (QED) is 0.297. The average molecular weight is 443 g/mol. The topological polar surface area (TPSA) is 52.6 Å². The molecule has 0 radical (unpaired) electrons. The van der Waals surface area contributed by atoms with Gasteiger partial charge in [0.05, 0.1) is 24.0 Å². The third-order valence-corrected chi connectivity index (χ3v) is 6.93. The van der Waals surface area contributed by atoms with Crippen molar-refractivity contribution in [3.8, 4) is 5.75 Å². The summed E-state index contributed by atoms with van der Waals surface area (Å²) in [5, 5.41) is 0. The Bertz CT molecular complexity index is 989. The summed E-state index contributed by atoms with van der Waals surface area (Å²) in [4.78, 5) is 0.382. The first-order valence-electron chi connectivity index (χ1n) is 10.7. The predicted molar refractivity (Wildman–Crippen MR) is 127 cm³/mol. The molecule has 2 rings (SSSR count). The third kappa shape index (κ3) is 7.59. The lowest BCUT2D eigenvalue weighted by atomic mass is 10.0. The Morgan fingerprint density at radius 2 is 1.87 bits per heavy atom. The van der Waals surface area contributed by atoms with Gasteiger partial charge in [-0.2, -0.15) is 0 Å². The molecule has 0 aliphatic carbocycles. The molecular weight excluding hydrogens is 408 g/mol. The van der Waals surface area contributed by atoms with Gasteiger partial charge in [0.25, 0.3) is 0 Å². The molecule has 1 atom stereocenters. The van der Waals surface area contributed by atoms with Crippen LogP contribution in [-0.2, 0) is 21.0 Å². The number of aryl methyl sites for hydroxylation is 1.